The van der Waals surface area contributed by atoms with Crippen molar-refractivity contribution in [1.29, 1.82) is 0 Å². The second kappa shape index (κ2) is 6.03. The number of nitrogens with zero attached hydrogens (tertiary/aromatic N) is 2. The van der Waals surface area contributed by atoms with Gasteiger partial charge in [0.2, 0.25) is 0 Å². The van der Waals surface area contributed by atoms with Gasteiger partial charge in [-0.1, -0.05) is 6.07 Å². The van der Waals surface area contributed by atoms with E-state index in [2.05, 4.69) is 26.5 Å². The van der Waals surface area contributed by atoms with Crippen LogP contribution in [0.25, 0.3) is 0 Å². The number of aryl methyl sites for hydroxylation is 1. The molecule has 0 saturated heterocycles. The summed E-state index contributed by atoms with van der Waals surface area (Å²) in [5.41, 5.74) is 5.50. The van der Waals surface area contributed by atoms with Crippen LogP contribution in [0.2, 0.25) is 0 Å². The summed E-state index contributed by atoms with van der Waals surface area (Å²) < 4.78 is 16.0. The van der Waals surface area contributed by atoms with Gasteiger partial charge in [0, 0.05) is 6.04 Å². The van der Waals surface area contributed by atoms with Crippen LogP contribution < -0.4 is 11.3 Å². The molecule has 0 radical (unpaired) electrons. The predicted molar refractivity (Wildman–Crippen MR) is 80.6 cm³/mol. The third-order valence-corrected chi connectivity index (χ3v) is 3.87. The molecule has 0 amide bonds. The van der Waals surface area contributed by atoms with E-state index in [0.29, 0.717) is 0 Å². The minimum atomic E-state index is -0.255. The smallest absolute Gasteiger partial charge is 0.123 e. The van der Waals surface area contributed by atoms with Gasteiger partial charge >= 0.3 is 0 Å². The monoisotopic (exact) mass is 340 g/mol. The van der Waals surface area contributed by atoms with E-state index in [9.17, 15) is 4.39 Å². The summed E-state index contributed by atoms with van der Waals surface area (Å²) in [5, 5.41) is 4.36. The summed E-state index contributed by atoms with van der Waals surface area (Å²) in [6.07, 6.45) is 1.75. The van der Waals surface area contributed by atoms with Gasteiger partial charge in [0.25, 0.3) is 0 Å². The number of halogens is 2. The zero-order valence-electron chi connectivity index (χ0n) is 11.7. The Labute approximate surface area is 126 Å². The van der Waals surface area contributed by atoms with Crippen LogP contribution in [0, 0.1) is 12.7 Å². The number of hydrazine groups is 1. The van der Waals surface area contributed by atoms with E-state index in [0.717, 1.165) is 21.3 Å². The van der Waals surface area contributed by atoms with Crippen molar-refractivity contribution in [1.82, 2.24) is 15.2 Å². The van der Waals surface area contributed by atoms with E-state index in [-0.39, 0.29) is 17.9 Å². The topological polar surface area (TPSA) is 55.9 Å². The molecule has 0 aliphatic carbocycles. The Morgan fingerprint density at radius 2 is 2.10 bits per heavy atom. The second-order valence-electron chi connectivity index (χ2n) is 5.02. The van der Waals surface area contributed by atoms with Crippen molar-refractivity contribution in [3.63, 3.8) is 0 Å². The Morgan fingerprint density at radius 1 is 1.40 bits per heavy atom. The minimum Gasteiger partial charge on any atom is -0.271 e. The fraction of sp³-hybridized carbons (Fsp3) is 0.357. The van der Waals surface area contributed by atoms with Crippen molar-refractivity contribution in [3.8, 4) is 0 Å². The molecule has 0 bridgehead atoms. The molecule has 1 heterocycles. The van der Waals surface area contributed by atoms with Crippen LogP contribution in [0.4, 0.5) is 4.39 Å². The number of hydrogen-bond donors (Lipinski definition) is 2. The number of benzene rings is 1. The Morgan fingerprint density at radius 3 is 2.65 bits per heavy atom. The molecule has 1 aromatic heterocycles. The Balaban J connectivity index is 2.55. The quantitative estimate of drug-likeness (QED) is 0.663. The molecule has 6 heteroatoms. The lowest BCUT2D eigenvalue weighted by Crippen LogP contribution is -2.32. The van der Waals surface area contributed by atoms with E-state index in [1.165, 1.54) is 12.1 Å². The van der Waals surface area contributed by atoms with Crippen LogP contribution in [-0.2, 0) is 0 Å². The Hall–Kier alpha value is -1.24. The molecule has 2 rings (SSSR count). The van der Waals surface area contributed by atoms with Gasteiger partial charge in [-0.25, -0.2) is 9.82 Å². The van der Waals surface area contributed by atoms with Gasteiger partial charge in [-0.3, -0.25) is 10.5 Å². The minimum absolute atomic E-state index is 0.202. The summed E-state index contributed by atoms with van der Waals surface area (Å²) in [5.74, 6) is 5.48. The van der Waals surface area contributed by atoms with Gasteiger partial charge in [-0.05, 0) is 60.0 Å². The highest BCUT2D eigenvalue weighted by Crippen LogP contribution is 2.31. The summed E-state index contributed by atoms with van der Waals surface area (Å²) in [7, 11) is 0. The maximum Gasteiger partial charge on any atom is 0.123 e. The fourth-order valence-electron chi connectivity index (χ4n) is 2.31. The first-order chi connectivity index (χ1) is 9.45. The van der Waals surface area contributed by atoms with Crippen molar-refractivity contribution in [3.05, 3.63) is 51.5 Å². The summed E-state index contributed by atoms with van der Waals surface area (Å²) in [6, 6.07) is 4.64. The standard InChI is InChI=1S/C14H18BrFN4/c1-8(2)20-14(12(15)7-18-20)13(19-17)11-5-4-10(16)6-9(11)3/h4-8,13,19H,17H2,1-3H3. The number of rotatable bonds is 4. The molecule has 0 saturated carbocycles. The maximum absolute atomic E-state index is 13.3. The third-order valence-electron chi connectivity index (χ3n) is 3.26. The molecule has 0 fully saturated rings. The highest BCUT2D eigenvalue weighted by atomic mass is 79.9. The summed E-state index contributed by atoms with van der Waals surface area (Å²) in [6.45, 7) is 5.97. The molecule has 0 aliphatic heterocycles. The van der Waals surface area contributed by atoms with Crippen molar-refractivity contribution >= 4 is 15.9 Å². The molecule has 4 nitrogen and oxygen atoms in total. The number of aromatic nitrogens is 2. The van der Waals surface area contributed by atoms with Gasteiger partial charge in [0.15, 0.2) is 0 Å². The van der Waals surface area contributed by atoms with Crippen LogP contribution >= 0.6 is 15.9 Å². The normalized spacial score (nSPS) is 12.9. The van der Waals surface area contributed by atoms with Crippen LogP contribution in [0.3, 0.4) is 0 Å². The number of nitrogens with one attached hydrogen (secondary N) is 1. The number of nitrogens with two attached hydrogens (primary N) is 1. The first-order valence-electron chi connectivity index (χ1n) is 6.40. The molecule has 0 spiro atoms. The molecular weight excluding hydrogens is 323 g/mol. The molecule has 1 aromatic carbocycles. The van der Waals surface area contributed by atoms with E-state index in [1.54, 1.807) is 12.3 Å². The highest BCUT2D eigenvalue weighted by molar-refractivity contribution is 9.10. The predicted octanol–water partition coefficient (Wildman–Crippen LogP) is 3.23. The highest BCUT2D eigenvalue weighted by Gasteiger charge is 2.23. The fourth-order valence-corrected chi connectivity index (χ4v) is 2.81. The third kappa shape index (κ3) is 2.77. The SMILES string of the molecule is Cc1cc(F)ccc1C(NN)c1c(Br)cnn1C(C)C. The van der Waals surface area contributed by atoms with Crippen LogP contribution in [0.15, 0.2) is 28.9 Å². The van der Waals surface area contributed by atoms with Gasteiger partial charge < -0.3 is 0 Å². The Kier molecular flexibility index (Phi) is 4.57. The Bertz CT molecular complexity index is 609. The zero-order valence-corrected chi connectivity index (χ0v) is 13.3. The van der Waals surface area contributed by atoms with Crippen LogP contribution in [0.1, 0.15) is 42.8 Å². The molecule has 1 unspecified atom stereocenters. The lowest BCUT2D eigenvalue weighted by Gasteiger charge is -2.22. The summed E-state index contributed by atoms with van der Waals surface area (Å²) in [4.78, 5) is 0. The van der Waals surface area contributed by atoms with Crippen molar-refractivity contribution < 1.29 is 4.39 Å². The molecule has 2 aromatic rings. The largest absolute Gasteiger partial charge is 0.271 e. The number of hydrogen-bond acceptors (Lipinski definition) is 3. The molecule has 108 valence electrons. The van der Waals surface area contributed by atoms with E-state index in [4.69, 9.17) is 5.84 Å². The van der Waals surface area contributed by atoms with E-state index < -0.39 is 0 Å². The lowest BCUT2D eigenvalue weighted by atomic mass is 9.99. The first-order valence-corrected chi connectivity index (χ1v) is 7.20. The second-order valence-corrected chi connectivity index (χ2v) is 5.87. The summed E-state index contributed by atoms with van der Waals surface area (Å²) >= 11 is 3.51. The molecule has 1 atom stereocenters. The molecule has 0 aliphatic rings. The van der Waals surface area contributed by atoms with Gasteiger partial charge in [0.05, 0.1) is 22.4 Å². The lowest BCUT2D eigenvalue weighted by molar-refractivity contribution is 0.474. The van der Waals surface area contributed by atoms with Gasteiger partial charge in [-0.15, -0.1) is 0 Å². The average molecular weight is 341 g/mol. The first kappa shape index (κ1) is 15.2. The zero-order chi connectivity index (χ0) is 14.9. The average Bonchev–Trinajstić information content (AvgIpc) is 2.75. The van der Waals surface area contributed by atoms with Crippen molar-refractivity contribution in [2.75, 3.05) is 0 Å². The molecular formula is C14H18BrFN4. The molecule has 20 heavy (non-hydrogen) atoms. The van der Waals surface area contributed by atoms with Crippen molar-refractivity contribution in [2.45, 2.75) is 32.9 Å². The maximum atomic E-state index is 13.3. The van der Waals surface area contributed by atoms with Crippen LogP contribution in [-0.4, -0.2) is 9.78 Å². The van der Waals surface area contributed by atoms with Gasteiger partial charge in [-0.2, -0.15) is 5.10 Å². The van der Waals surface area contributed by atoms with E-state index >= 15 is 0 Å². The van der Waals surface area contributed by atoms with Crippen LogP contribution in [0.5, 0.6) is 0 Å². The molecule has 3 N–H and O–H groups in total. The van der Waals surface area contributed by atoms with Gasteiger partial charge in [0.1, 0.15) is 5.82 Å². The van der Waals surface area contributed by atoms with E-state index in [1.807, 2.05) is 25.5 Å². The van der Waals surface area contributed by atoms with Crippen molar-refractivity contribution in [2.24, 2.45) is 5.84 Å².